The number of hydrogen-bond donors (Lipinski definition) is 1. The number of hydrogen-bond acceptors (Lipinski definition) is 6. The SMILES string of the molecule is CCOC(C)(C)c1noc(CSCC(=O)O)n1. The van der Waals surface area contributed by atoms with E-state index in [1.54, 1.807) is 0 Å². The van der Waals surface area contributed by atoms with Gasteiger partial charge in [-0.05, 0) is 20.8 Å². The van der Waals surface area contributed by atoms with Crippen molar-refractivity contribution in [2.75, 3.05) is 12.4 Å². The van der Waals surface area contributed by atoms with E-state index in [4.69, 9.17) is 14.4 Å². The summed E-state index contributed by atoms with van der Waals surface area (Å²) in [5, 5.41) is 12.3. The fraction of sp³-hybridized carbons (Fsp3) is 0.700. The number of rotatable bonds is 7. The number of aromatic nitrogens is 2. The quantitative estimate of drug-likeness (QED) is 0.797. The molecule has 1 aromatic heterocycles. The fourth-order valence-corrected chi connectivity index (χ4v) is 1.78. The lowest BCUT2D eigenvalue weighted by Gasteiger charge is -2.19. The average Bonchev–Trinajstić information content (AvgIpc) is 2.66. The summed E-state index contributed by atoms with van der Waals surface area (Å²) in [4.78, 5) is 14.5. The van der Waals surface area contributed by atoms with Crippen LogP contribution in [0.3, 0.4) is 0 Å². The van der Waals surface area contributed by atoms with Crippen molar-refractivity contribution in [3.05, 3.63) is 11.7 Å². The Bertz CT molecular complexity index is 378. The van der Waals surface area contributed by atoms with Gasteiger partial charge < -0.3 is 14.4 Å². The third kappa shape index (κ3) is 4.35. The van der Waals surface area contributed by atoms with E-state index < -0.39 is 11.6 Å². The summed E-state index contributed by atoms with van der Waals surface area (Å²) in [6, 6.07) is 0. The summed E-state index contributed by atoms with van der Waals surface area (Å²) >= 11 is 1.22. The molecule has 0 amide bonds. The van der Waals surface area contributed by atoms with Crippen LogP contribution in [0.15, 0.2) is 4.52 Å². The zero-order valence-corrected chi connectivity index (χ0v) is 10.9. The number of carboxylic acids is 1. The minimum absolute atomic E-state index is 0.0204. The van der Waals surface area contributed by atoms with Gasteiger partial charge >= 0.3 is 5.97 Å². The van der Waals surface area contributed by atoms with Crippen molar-refractivity contribution in [3.8, 4) is 0 Å². The molecule has 0 bridgehead atoms. The molecule has 0 aliphatic carbocycles. The van der Waals surface area contributed by atoms with Crippen molar-refractivity contribution in [2.24, 2.45) is 0 Å². The zero-order chi connectivity index (χ0) is 12.9. The second kappa shape index (κ2) is 6.02. The first-order chi connectivity index (χ1) is 7.95. The second-order valence-corrected chi connectivity index (χ2v) is 4.83. The molecule has 1 aromatic rings. The summed E-state index contributed by atoms with van der Waals surface area (Å²) in [6.45, 7) is 6.17. The molecule has 96 valence electrons. The van der Waals surface area contributed by atoms with E-state index in [2.05, 4.69) is 10.1 Å². The highest BCUT2D eigenvalue weighted by Crippen LogP contribution is 2.22. The van der Waals surface area contributed by atoms with E-state index in [0.29, 0.717) is 24.1 Å². The van der Waals surface area contributed by atoms with Crippen molar-refractivity contribution >= 4 is 17.7 Å². The molecule has 0 fully saturated rings. The molecule has 0 unspecified atom stereocenters. The van der Waals surface area contributed by atoms with Gasteiger partial charge in [0.2, 0.25) is 11.7 Å². The predicted molar refractivity (Wildman–Crippen MR) is 62.7 cm³/mol. The molecule has 1 rings (SSSR count). The van der Waals surface area contributed by atoms with Gasteiger partial charge in [-0.2, -0.15) is 4.98 Å². The summed E-state index contributed by atoms with van der Waals surface area (Å²) in [7, 11) is 0. The minimum Gasteiger partial charge on any atom is -0.481 e. The third-order valence-corrected chi connectivity index (χ3v) is 2.86. The average molecular weight is 260 g/mol. The van der Waals surface area contributed by atoms with E-state index in [-0.39, 0.29) is 5.75 Å². The molecule has 1 N–H and O–H groups in total. The van der Waals surface area contributed by atoms with Crippen LogP contribution in [0.25, 0.3) is 0 Å². The third-order valence-electron chi connectivity index (χ3n) is 1.96. The van der Waals surface area contributed by atoms with Crippen molar-refractivity contribution in [1.29, 1.82) is 0 Å². The van der Waals surface area contributed by atoms with Crippen LogP contribution in [0.4, 0.5) is 0 Å². The van der Waals surface area contributed by atoms with Crippen LogP contribution in [-0.2, 0) is 20.9 Å². The van der Waals surface area contributed by atoms with Crippen LogP contribution in [0.2, 0.25) is 0 Å². The van der Waals surface area contributed by atoms with E-state index in [0.717, 1.165) is 0 Å². The number of aliphatic carboxylic acids is 1. The van der Waals surface area contributed by atoms with Crippen LogP contribution in [0, 0.1) is 0 Å². The molecule has 0 radical (unpaired) electrons. The normalized spacial score (nSPS) is 11.7. The van der Waals surface area contributed by atoms with E-state index in [9.17, 15) is 4.79 Å². The van der Waals surface area contributed by atoms with Gasteiger partial charge in [-0.15, -0.1) is 11.8 Å². The number of nitrogens with zero attached hydrogens (tertiary/aromatic N) is 2. The lowest BCUT2D eigenvalue weighted by atomic mass is 10.1. The van der Waals surface area contributed by atoms with E-state index >= 15 is 0 Å². The highest BCUT2D eigenvalue weighted by molar-refractivity contribution is 7.99. The number of carbonyl (C=O) groups is 1. The Balaban J connectivity index is 2.55. The summed E-state index contributed by atoms with van der Waals surface area (Å²) in [5.41, 5.74) is -0.589. The molecule has 0 aromatic carbocycles. The van der Waals surface area contributed by atoms with Crippen molar-refractivity contribution in [3.63, 3.8) is 0 Å². The van der Waals surface area contributed by atoms with Crippen molar-refractivity contribution < 1.29 is 19.2 Å². The first kappa shape index (κ1) is 14.0. The first-order valence-electron chi connectivity index (χ1n) is 5.22. The van der Waals surface area contributed by atoms with Gasteiger partial charge in [0.05, 0.1) is 11.5 Å². The van der Waals surface area contributed by atoms with Gasteiger partial charge in [-0.3, -0.25) is 4.79 Å². The maximum absolute atomic E-state index is 10.3. The first-order valence-corrected chi connectivity index (χ1v) is 6.37. The molecule has 0 aliphatic rings. The van der Waals surface area contributed by atoms with Gasteiger partial charge in [0.15, 0.2) is 0 Å². The number of thioether (sulfide) groups is 1. The monoisotopic (exact) mass is 260 g/mol. The Morgan fingerprint density at radius 1 is 1.59 bits per heavy atom. The maximum atomic E-state index is 10.3. The molecule has 0 aliphatic heterocycles. The number of ether oxygens (including phenoxy) is 1. The molecule has 6 nitrogen and oxygen atoms in total. The van der Waals surface area contributed by atoms with Gasteiger partial charge in [-0.25, -0.2) is 0 Å². The Hall–Kier alpha value is -1.08. The van der Waals surface area contributed by atoms with Crippen LogP contribution in [-0.4, -0.2) is 33.6 Å². The Kier molecular flexibility index (Phi) is 4.95. The maximum Gasteiger partial charge on any atom is 0.313 e. The zero-order valence-electron chi connectivity index (χ0n) is 10.1. The molecular formula is C10H16N2O4S. The van der Waals surface area contributed by atoms with Crippen LogP contribution in [0.1, 0.15) is 32.5 Å². The summed E-state index contributed by atoms with van der Waals surface area (Å²) in [6.07, 6.45) is 0. The van der Waals surface area contributed by atoms with Gasteiger partial charge in [0, 0.05) is 6.61 Å². The van der Waals surface area contributed by atoms with Crippen LogP contribution < -0.4 is 0 Å². The molecule has 0 atom stereocenters. The van der Waals surface area contributed by atoms with Crippen molar-refractivity contribution in [1.82, 2.24) is 10.1 Å². The Morgan fingerprint density at radius 3 is 2.88 bits per heavy atom. The van der Waals surface area contributed by atoms with E-state index in [1.807, 2.05) is 20.8 Å². The highest BCUT2D eigenvalue weighted by Gasteiger charge is 2.27. The van der Waals surface area contributed by atoms with E-state index in [1.165, 1.54) is 11.8 Å². The molecule has 17 heavy (non-hydrogen) atoms. The van der Waals surface area contributed by atoms with Gasteiger partial charge in [0.1, 0.15) is 5.60 Å². The lowest BCUT2D eigenvalue weighted by Crippen LogP contribution is -2.23. The molecule has 0 saturated carbocycles. The molecular weight excluding hydrogens is 244 g/mol. The topological polar surface area (TPSA) is 85.5 Å². The smallest absolute Gasteiger partial charge is 0.313 e. The number of carboxylic acid groups (broad SMARTS) is 1. The summed E-state index contributed by atoms with van der Waals surface area (Å²) < 4.78 is 10.5. The van der Waals surface area contributed by atoms with Crippen LogP contribution in [0.5, 0.6) is 0 Å². The van der Waals surface area contributed by atoms with Gasteiger partial charge in [-0.1, -0.05) is 5.16 Å². The minimum atomic E-state index is -0.857. The Morgan fingerprint density at radius 2 is 2.29 bits per heavy atom. The molecule has 1 heterocycles. The standard InChI is InChI=1S/C10H16N2O4S/c1-4-15-10(2,3)9-11-7(16-12-9)5-17-6-8(13)14/h4-6H2,1-3H3,(H,13,14). The molecule has 0 spiro atoms. The van der Waals surface area contributed by atoms with Gasteiger partial charge in [0.25, 0.3) is 0 Å². The lowest BCUT2D eigenvalue weighted by molar-refractivity contribution is -0.133. The Labute approximate surface area is 104 Å². The fourth-order valence-electron chi connectivity index (χ4n) is 1.21. The largest absolute Gasteiger partial charge is 0.481 e. The molecule has 7 heteroatoms. The predicted octanol–water partition coefficient (Wildman–Crippen LogP) is 1.66. The molecule has 0 saturated heterocycles. The second-order valence-electron chi connectivity index (χ2n) is 3.84. The van der Waals surface area contributed by atoms with Crippen LogP contribution >= 0.6 is 11.8 Å². The van der Waals surface area contributed by atoms with Crippen molar-refractivity contribution in [2.45, 2.75) is 32.1 Å². The highest BCUT2D eigenvalue weighted by atomic mass is 32.2. The summed E-state index contributed by atoms with van der Waals surface area (Å²) in [5.74, 6) is 0.447.